The third-order valence-electron chi connectivity index (χ3n) is 5.15. The van der Waals surface area contributed by atoms with Crippen molar-refractivity contribution >= 4 is 0 Å². The molecule has 0 atom stereocenters. The zero-order valence-electron chi connectivity index (χ0n) is 14.1. The summed E-state index contributed by atoms with van der Waals surface area (Å²) in [5.74, 6) is 2.73. The van der Waals surface area contributed by atoms with Crippen LogP contribution in [0.4, 0.5) is 0 Å². The van der Waals surface area contributed by atoms with E-state index < -0.39 is 0 Å². The second-order valence-electron chi connectivity index (χ2n) is 6.97. The van der Waals surface area contributed by atoms with Gasteiger partial charge in [0.2, 0.25) is 0 Å². The summed E-state index contributed by atoms with van der Waals surface area (Å²) in [6, 6.07) is 2.54. The van der Waals surface area contributed by atoms with Gasteiger partial charge in [-0.1, -0.05) is 0 Å². The number of rotatable bonds is 7. The fourth-order valence-corrected chi connectivity index (χ4v) is 3.70. The molecule has 1 aliphatic heterocycles. The number of nitrogens with zero attached hydrogens (tertiary/aromatic N) is 6. The minimum Gasteiger partial charge on any atom is -0.396 e. The molecule has 24 heavy (non-hydrogen) atoms. The summed E-state index contributed by atoms with van der Waals surface area (Å²) >= 11 is 0. The Balaban J connectivity index is 1.46. The molecule has 7 nitrogen and oxygen atoms in total. The quantitative estimate of drug-likeness (QED) is 0.831. The van der Waals surface area contributed by atoms with Crippen molar-refractivity contribution in [3.05, 3.63) is 30.1 Å². The van der Waals surface area contributed by atoms with Crippen molar-refractivity contribution in [3.63, 3.8) is 0 Å². The number of hydrogen-bond donors (Lipinski definition) is 1. The van der Waals surface area contributed by atoms with Gasteiger partial charge in [-0.05, 0) is 51.3 Å². The second kappa shape index (κ2) is 7.03. The molecule has 130 valence electrons. The molecule has 4 rings (SSSR count). The van der Waals surface area contributed by atoms with Crippen LogP contribution in [0.3, 0.4) is 0 Å². The van der Waals surface area contributed by atoms with Crippen LogP contribution in [0.1, 0.15) is 55.7 Å². The van der Waals surface area contributed by atoms with Crippen molar-refractivity contribution in [2.45, 2.75) is 50.6 Å². The molecule has 1 saturated heterocycles. The zero-order chi connectivity index (χ0) is 16.4. The Morgan fingerprint density at radius 1 is 1.12 bits per heavy atom. The molecule has 0 unspecified atom stereocenters. The predicted molar refractivity (Wildman–Crippen MR) is 89.7 cm³/mol. The Kier molecular flexibility index (Phi) is 4.62. The Morgan fingerprint density at radius 2 is 1.96 bits per heavy atom. The van der Waals surface area contributed by atoms with E-state index in [9.17, 15) is 0 Å². The zero-order valence-corrected chi connectivity index (χ0v) is 14.1. The lowest BCUT2D eigenvalue weighted by Gasteiger charge is -2.31. The van der Waals surface area contributed by atoms with Gasteiger partial charge >= 0.3 is 0 Å². The van der Waals surface area contributed by atoms with Gasteiger partial charge in [-0.2, -0.15) is 5.10 Å². The van der Waals surface area contributed by atoms with Crippen molar-refractivity contribution in [1.29, 1.82) is 0 Å². The van der Waals surface area contributed by atoms with Crippen molar-refractivity contribution in [2.75, 3.05) is 26.2 Å². The minimum absolute atomic E-state index is 0.284. The molecular formula is C17H26N6O. The first-order valence-electron chi connectivity index (χ1n) is 9.09. The van der Waals surface area contributed by atoms with Crippen LogP contribution >= 0.6 is 0 Å². The summed E-state index contributed by atoms with van der Waals surface area (Å²) in [6.07, 6.45) is 9.41. The van der Waals surface area contributed by atoms with Crippen LogP contribution in [-0.2, 0) is 6.54 Å². The normalized spacial score (nSPS) is 19.9. The van der Waals surface area contributed by atoms with Crippen LogP contribution in [0.15, 0.2) is 18.5 Å². The molecule has 2 aromatic heterocycles. The average molecular weight is 330 g/mol. The first kappa shape index (κ1) is 15.8. The highest BCUT2D eigenvalue weighted by molar-refractivity contribution is 5.09. The second-order valence-corrected chi connectivity index (χ2v) is 6.97. The number of piperidine rings is 1. The van der Waals surface area contributed by atoms with Crippen LogP contribution in [-0.4, -0.2) is 60.8 Å². The van der Waals surface area contributed by atoms with E-state index in [4.69, 9.17) is 5.11 Å². The molecule has 0 bridgehead atoms. The monoisotopic (exact) mass is 330 g/mol. The summed E-state index contributed by atoms with van der Waals surface area (Å²) < 4.78 is 4.32. The van der Waals surface area contributed by atoms with Crippen molar-refractivity contribution in [1.82, 2.24) is 29.4 Å². The largest absolute Gasteiger partial charge is 0.396 e. The minimum atomic E-state index is 0.284. The number of aliphatic hydroxyl groups is 1. The molecule has 1 N–H and O–H groups in total. The molecule has 7 heteroatoms. The van der Waals surface area contributed by atoms with Gasteiger partial charge in [0.1, 0.15) is 12.4 Å². The summed E-state index contributed by atoms with van der Waals surface area (Å²) in [5.41, 5.74) is 0. The summed E-state index contributed by atoms with van der Waals surface area (Å²) in [5, 5.41) is 22.4. The molecule has 0 amide bonds. The Hall–Kier alpha value is -1.73. The Labute approximate surface area is 142 Å². The van der Waals surface area contributed by atoms with Gasteiger partial charge in [0.05, 0.1) is 0 Å². The van der Waals surface area contributed by atoms with E-state index >= 15 is 0 Å². The van der Waals surface area contributed by atoms with Crippen molar-refractivity contribution in [2.24, 2.45) is 0 Å². The van der Waals surface area contributed by atoms with Crippen LogP contribution in [0, 0.1) is 0 Å². The number of likely N-dealkylation sites (tertiary alicyclic amines) is 1. The maximum atomic E-state index is 8.98. The first-order valence-corrected chi connectivity index (χ1v) is 9.09. The number of hydrogen-bond acceptors (Lipinski definition) is 5. The van der Waals surface area contributed by atoms with Gasteiger partial charge in [-0.3, -0.25) is 4.68 Å². The molecular weight excluding hydrogens is 304 g/mol. The van der Waals surface area contributed by atoms with Crippen molar-refractivity contribution < 1.29 is 5.11 Å². The topological polar surface area (TPSA) is 72.0 Å². The lowest BCUT2D eigenvalue weighted by molar-refractivity contribution is 0.184. The van der Waals surface area contributed by atoms with Gasteiger partial charge in [0.25, 0.3) is 0 Å². The van der Waals surface area contributed by atoms with E-state index in [1.54, 1.807) is 6.20 Å². The summed E-state index contributed by atoms with van der Waals surface area (Å²) in [4.78, 5) is 2.45. The summed E-state index contributed by atoms with van der Waals surface area (Å²) in [7, 11) is 0. The Morgan fingerprint density at radius 3 is 2.62 bits per heavy atom. The van der Waals surface area contributed by atoms with E-state index in [0.29, 0.717) is 18.5 Å². The van der Waals surface area contributed by atoms with E-state index in [-0.39, 0.29) is 6.61 Å². The lowest BCUT2D eigenvalue weighted by Crippen LogP contribution is -2.34. The maximum Gasteiger partial charge on any atom is 0.155 e. The maximum absolute atomic E-state index is 8.98. The number of aromatic nitrogens is 5. The van der Waals surface area contributed by atoms with Gasteiger partial charge in [-0.15, -0.1) is 10.2 Å². The molecule has 1 aliphatic carbocycles. The van der Waals surface area contributed by atoms with Crippen LogP contribution in [0.25, 0.3) is 0 Å². The molecule has 2 aliphatic rings. The van der Waals surface area contributed by atoms with E-state index in [2.05, 4.69) is 24.8 Å². The lowest BCUT2D eigenvalue weighted by atomic mass is 9.95. The highest BCUT2D eigenvalue weighted by Gasteiger charge is 2.33. The van der Waals surface area contributed by atoms with Crippen molar-refractivity contribution in [3.8, 4) is 0 Å². The standard InChI is InChI=1S/C17H26N6O/c24-12-2-8-21-10-5-14(6-11-21)17-20-19-16(23(17)15-3-4-15)13-22-9-1-7-18-22/h1,7,9,14-15,24H,2-6,8,10-13H2. The van der Waals surface area contributed by atoms with Gasteiger partial charge in [-0.25, -0.2) is 0 Å². The first-order chi connectivity index (χ1) is 11.8. The van der Waals surface area contributed by atoms with Gasteiger partial charge < -0.3 is 14.6 Å². The highest BCUT2D eigenvalue weighted by atomic mass is 16.3. The highest BCUT2D eigenvalue weighted by Crippen LogP contribution is 2.39. The molecule has 1 saturated carbocycles. The van der Waals surface area contributed by atoms with Gasteiger partial charge in [0.15, 0.2) is 5.82 Å². The van der Waals surface area contributed by atoms with E-state index in [0.717, 1.165) is 44.7 Å². The summed E-state index contributed by atoms with van der Waals surface area (Å²) in [6.45, 7) is 4.18. The molecule has 0 radical (unpaired) electrons. The van der Waals surface area contributed by atoms with Crippen LogP contribution in [0.2, 0.25) is 0 Å². The predicted octanol–water partition coefficient (Wildman–Crippen LogP) is 1.42. The number of aliphatic hydroxyl groups excluding tert-OH is 1. The van der Waals surface area contributed by atoms with Crippen LogP contribution in [0.5, 0.6) is 0 Å². The fourth-order valence-electron chi connectivity index (χ4n) is 3.70. The van der Waals surface area contributed by atoms with Crippen LogP contribution < -0.4 is 0 Å². The SMILES string of the molecule is OCCCN1CCC(c2nnc(Cn3cccn3)n2C2CC2)CC1. The Bertz CT molecular complexity index is 640. The van der Waals surface area contributed by atoms with Gasteiger partial charge in [0, 0.05) is 37.5 Å². The average Bonchev–Trinajstić information content (AvgIpc) is 3.15. The molecule has 0 aromatic carbocycles. The van der Waals surface area contributed by atoms with E-state index in [1.807, 2.05) is 16.9 Å². The third-order valence-corrected chi connectivity index (χ3v) is 5.15. The smallest absolute Gasteiger partial charge is 0.155 e. The molecule has 2 aromatic rings. The fraction of sp³-hybridized carbons (Fsp3) is 0.706. The molecule has 0 spiro atoms. The molecule has 3 heterocycles. The third kappa shape index (κ3) is 3.37. The van der Waals surface area contributed by atoms with E-state index in [1.165, 1.54) is 18.7 Å². The molecule has 2 fully saturated rings.